The second-order valence-corrected chi connectivity index (χ2v) is 4.13. The maximum Gasteiger partial charge on any atom is 0.223 e. The zero-order chi connectivity index (χ0) is 12.8. The normalized spacial score (nSPS) is 11.4. The Hall–Kier alpha value is -2.96. The van der Waals surface area contributed by atoms with Gasteiger partial charge in [-0.3, -0.25) is 5.10 Å². The predicted octanol–water partition coefficient (Wildman–Crippen LogP) is 1.25. The lowest BCUT2D eigenvalue weighted by Crippen LogP contribution is -2.02. The molecule has 0 aliphatic heterocycles. The summed E-state index contributed by atoms with van der Waals surface area (Å²) in [6.45, 7) is 0. The van der Waals surface area contributed by atoms with Crippen molar-refractivity contribution in [2.24, 2.45) is 0 Å². The summed E-state index contributed by atoms with van der Waals surface area (Å²) < 4.78 is 1.54. The number of benzene rings is 1. The van der Waals surface area contributed by atoms with Crippen LogP contribution in [0.25, 0.3) is 28.1 Å². The van der Waals surface area contributed by atoms with E-state index in [0.29, 0.717) is 17.4 Å². The molecule has 0 spiro atoms. The summed E-state index contributed by atoms with van der Waals surface area (Å²) in [5.41, 5.74) is 8.14. The highest BCUT2D eigenvalue weighted by atomic mass is 15.4. The molecule has 0 saturated carbocycles. The molecule has 3 heterocycles. The number of nitrogen functional groups attached to an aromatic ring is 1. The van der Waals surface area contributed by atoms with E-state index in [9.17, 15) is 0 Å². The number of fused-ring (bicyclic) bond motifs is 3. The van der Waals surface area contributed by atoms with Crippen molar-refractivity contribution in [3.63, 3.8) is 0 Å². The summed E-state index contributed by atoms with van der Waals surface area (Å²) >= 11 is 0. The summed E-state index contributed by atoms with van der Waals surface area (Å²) in [5.74, 6) is 0.856. The van der Waals surface area contributed by atoms with Crippen LogP contribution in [0.15, 0.2) is 36.5 Å². The molecule has 7 heteroatoms. The number of nitrogens with two attached hydrogens (primary N) is 1. The minimum Gasteiger partial charge on any atom is -0.368 e. The third-order valence-corrected chi connectivity index (χ3v) is 2.95. The number of hydrogen-bond acceptors (Lipinski definition) is 5. The minimum absolute atomic E-state index is 0.312. The van der Waals surface area contributed by atoms with Gasteiger partial charge in [0.1, 0.15) is 5.69 Å². The number of para-hydroxylation sites is 1. The summed E-state index contributed by atoms with van der Waals surface area (Å²) in [6, 6.07) is 9.50. The molecule has 19 heavy (non-hydrogen) atoms. The van der Waals surface area contributed by atoms with Crippen LogP contribution in [0.4, 0.5) is 5.95 Å². The smallest absolute Gasteiger partial charge is 0.223 e. The molecule has 0 radical (unpaired) electrons. The van der Waals surface area contributed by atoms with E-state index in [1.165, 1.54) is 0 Å². The van der Waals surface area contributed by atoms with Crippen molar-refractivity contribution in [2.45, 2.75) is 0 Å². The van der Waals surface area contributed by atoms with E-state index in [1.807, 2.05) is 24.3 Å². The summed E-state index contributed by atoms with van der Waals surface area (Å²) in [4.78, 5) is 8.82. The molecule has 4 rings (SSSR count). The van der Waals surface area contributed by atoms with Gasteiger partial charge in [0.05, 0.1) is 5.52 Å². The van der Waals surface area contributed by atoms with Crippen molar-refractivity contribution < 1.29 is 0 Å². The fourth-order valence-electron chi connectivity index (χ4n) is 2.07. The fourth-order valence-corrected chi connectivity index (χ4v) is 2.07. The molecule has 0 unspecified atom stereocenters. The third-order valence-electron chi connectivity index (χ3n) is 2.95. The van der Waals surface area contributed by atoms with Crippen LogP contribution in [0, 0.1) is 0 Å². The van der Waals surface area contributed by atoms with Gasteiger partial charge in [0.15, 0.2) is 11.5 Å². The van der Waals surface area contributed by atoms with Gasteiger partial charge < -0.3 is 5.73 Å². The van der Waals surface area contributed by atoms with E-state index in [4.69, 9.17) is 5.73 Å². The van der Waals surface area contributed by atoms with Crippen molar-refractivity contribution in [3.8, 4) is 11.5 Å². The molecule has 4 aromatic rings. The Morgan fingerprint density at radius 1 is 1.11 bits per heavy atom. The molecule has 92 valence electrons. The van der Waals surface area contributed by atoms with Crippen LogP contribution in [0.1, 0.15) is 0 Å². The lowest BCUT2D eigenvalue weighted by Gasteiger charge is -2.00. The zero-order valence-electron chi connectivity index (χ0n) is 9.78. The van der Waals surface area contributed by atoms with Crippen LogP contribution in [-0.4, -0.2) is 29.8 Å². The molecule has 0 bridgehead atoms. The van der Waals surface area contributed by atoms with Gasteiger partial charge in [0.25, 0.3) is 0 Å². The van der Waals surface area contributed by atoms with Crippen LogP contribution in [-0.2, 0) is 0 Å². The number of aromatic nitrogens is 6. The Morgan fingerprint density at radius 3 is 2.84 bits per heavy atom. The second kappa shape index (κ2) is 3.52. The van der Waals surface area contributed by atoms with Crippen LogP contribution in [0.2, 0.25) is 0 Å². The average molecular weight is 251 g/mol. The molecule has 1 aromatic carbocycles. The van der Waals surface area contributed by atoms with E-state index in [1.54, 1.807) is 16.8 Å². The number of hydrogen-bond donors (Lipinski definition) is 2. The molecule has 0 aliphatic rings. The first-order valence-corrected chi connectivity index (χ1v) is 5.74. The molecule has 3 N–H and O–H groups in total. The van der Waals surface area contributed by atoms with E-state index in [-0.39, 0.29) is 0 Å². The topological polar surface area (TPSA) is 97.8 Å². The van der Waals surface area contributed by atoms with Crippen LogP contribution in [0.5, 0.6) is 0 Å². The maximum atomic E-state index is 5.91. The molecular weight excluding hydrogens is 242 g/mol. The Balaban J connectivity index is 2.12. The molecule has 7 nitrogen and oxygen atoms in total. The highest BCUT2D eigenvalue weighted by molar-refractivity contribution is 5.92. The zero-order valence-corrected chi connectivity index (χ0v) is 9.78. The lowest BCUT2D eigenvalue weighted by atomic mass is 10.2. The number of nitrogens with one attached hydrogen (secondary N) is 1. The van der Waals surface area contributed by atoms with Crippen LogP contribution >= 0.6 is 0 Å². The average Bonchev–Trinajstić information content (AvgIpc) is 3.08. The Morgan fingerprint density at radius 2 is 2.00 bits per heavy atom. The Kier molecular flexibility index (Phi) is 1.85. The van der Waals surface area contributed by atoms with E-state index in [0.717, 1.165) is 16.6 Å². The lowest BCUT2D eigenvalue weighted by molar-refractivity contribution is 0.949. The van der Waals surface area contributed by atoms with E-state index in [2.05, 4.69) is 25.3 Å². The van der Waals surface area contributed by atoms with E-state index >= 15 is 0 Å². The number of H-pyrrole nitrogens is 1. The van der Waals surface area contributed by atoms with E-state index < -0.39 is 0 Å². The van der Waals surface area contributed by atoms with Gasteiger partial charge in [-0.1, -0.05) is 12.1 Å². The van der Waals surface area contributed by atoms with Gasteiger partial charge in [-0.15, -0.1) is 5.10 Å². The highest BCUT2D eigenvalue weighted by Gasteiger charge is 2.13. The standard InChI is InChI=1S/C12H9N7/c13-12-15-8-4-2-1-3-7(8)11-16-10(18-19(11)12)9-5-6-14-17-9/h1-6H,(H2,13,15)(H,14,17). The summed E-state index contributed by atoms with van der Waals surface area (Å²) in [7, 11) is 0. The van der Waals surface area contributed by atoms with Gasteiger partial charge in [0, 0.05) is 11.6 Å². The quantitative estimate of drug-likeness (QED) is 0.530. The largest absolute Gasteiger partial charge is 0.368 e. The van der Waals surface area contributed by atoms with Crippen molar-refractivity contribution >= 4 is 22.5 Å². The first-order chi connectivity index (χ1) is 9.33. The maximum absolute atomic E-state index is 5.91. The van der Waals surface area contributed by atoms with Crippen molar-refractivity contribution in [1.82, 2.24) is 29.8 Å². The minimum atomic E-state index is 0.312. The highest BCUT2D eigenvalue weighted by Crippen LogP contribution is 2.21. The number of aromatic amines is 1. The van der Waals surface area contributed by atoms with Crippen molar-refractivity contribution in [3.05, 3.63) is 36.5 Å². The molecule has 0 saturated heterocycles. The fraction of sp³-hybridized carbons (Fsp3) is 0. The van der Waals surface area contributed by atoms with Gasteiger partial charge in [-0.2, -0.15) is 9.61 Å². The van der Waals surface area contributed by atoms with Crippen LogP contribution in [0.3, 0.4) is 0 Å². The van der Waals surface area contributed by atoms with Gasteiger partial charge >= 0.3 is 0 Å². The van der Waals surface area contributed by atoms with Gasteiger partial charge in [-0.25, -0.2) is 9.97 Å². The van der Waals surface area contributed by atoms with Crippen LogP contribution < -0.4 is 5.73 Å². The number of rotatable bonds is 1. The van der Waals surface area contributed by atoms with Gasteiger partial charge in [-0.05, 0) is 18.2 Å². The second-order valence-electron chi connectivity index (χ2n) is 4.13. The molecular formula is C12H9N7. The van der Waals surface area contributed by atoms with Crippen molar-refractivity contribution in [1.29, 1.82) is 0 Å². The molecule has 0 amide bonds. The third kappa shape index (κ3) is 1.38. The predicted molar refractivity (Wildman–Crippen MR) is 70.3 cm³/mol. The molecule has 3 aromatic heterocycles. The SMILES string of the molecule is Nc1nc2ccccc2c2nc(-c3ccn[nH]3)nn12. The summed E-state index contributed by atoms with van der Waals surface area (Å²) in [5, 5.41) is 12.0. The first-order valence-electron chi connectivity index (χ1n) is 5.74. The van der Waals surface area contributed by atoms with Gasteiger partial charge in [0.2, 0.25) is 5.95 Å². The Bertz CT molecular complexity index is 876. The number of anilines is 1. The monoisotopic (exact) mass is 251 g/mol. The molecule has 0 aliphatic carbocycles. The Labute approximate surface area is 107 Å². The first kappa shape index (κ1) is 10.0. The number of nitrogens with zero attached hydrogens (tertiary/aromatic N) is 5. The molecule has 0 fully saturated rings. The van der Waals surface area contributed by atoms with Crippen molar-refractivity contribution in [2.75, 3.05) is 5.73 Å². The molecule has 0 atom stereocenters. The summed E-state index contributed by atoms with van der Waals surface area (Å²) in [6.07, 6.45) is 1.65.